The predicted molar refractivity (Wildman–Crippen MR) is 73.3 cm³/mol. The van der Waals surface area contributed by atoms with Gasteiger partial charge in [-0.2, -0.15) is 0 Å². The monoisotopic (exact) mass is 263 g/mol. The second-order valence-electron chi connectivity index (χ2n) is 5.46. The molecule has 1 aliphatic heterocycles. The van der Waals surface area contributed by atoms with Crippen LogP contribution in [-0.4, -0.2) is 34.1 Å². The molecule has 1 N–H and O–H groups in total. The molecule has 0 radical (unpaired) electrons. The van der Waals surface area contributed by atoms with Crippen molar-refractivity contribution < 1.29 is 9.90 Å². The third-order valence-electron chi connectivity index (χ3n) is 3.79. The highest BCUT2D eigenvalue weighted by atomic mass is 16.4. The van der Waals surface area contributed by atoms with E-state index < -0.39 is 11.4 Å². The van der Waals surface area contributed by atoms with E-state index in [1.54, 1.807) is 0 Å². The summed E-state index contributed by atoms with van der Waals surface area (Å²) in [5.41, 5.74) is 1.21. The summed E-state index contributed by atoms with van der Waals surface area (Å²) in [6.45, 7) is 7.13. The van der Waals surface area contributed by atoms with Crippen LogP contribution in [0.3, 0.4) is 0 Å². The molecular formula is C14H21N3O2. The minimum Gasteiger partial charge on any atom is -0.481 e. The zero-order chi connectivity index (χ0) is 14.0. The van der Waals surface area contributed by atoms with Gasteiger partial charge in [0.2, 0.25) is 5.95 Å². The Morgan fingerprint density at radius 2 is 2.05 bits per heavy atom. The summed E-state index contributed by atoms with van der Waals surface area (Å²) in [6, 6.07) is 1.93. The molecule has 104 valence electrons. The zero-order valence-corrected chi connectivity index (χ0v) is 11.8. The van der Waals surface area contributed by atoms with Crippen LogP contribution in [0.5, 0.6) is 0 Å². The maximum Gasteiger partial charge on any atom is 0.311 e. The number of carboxylic acids is 1. The number of nitrogens with zero attached hydrogens (tertiary/aromatic N) is 3. The average Bonchev–Trinajstić information content (AvgIpc) is 2.74. The lowest BCUT2D eigenvalue weighted by molar-refractivity contribution is -0.148. The lowest BCUT2D eigenvalue weighted by Gasteiger charge is -2.24. The predicted octanol–water partition coefficient (Wildman–Crippen LogP) is 2.17. The summed E-state index contributed by atoms with van der Waals surface area (Å²) >= 11 is 0. The Balaban J connectivity index is 2.23. The van der Waals surface area contributed by atoms with Crippen LogP contribution in [0.25, 0.3) is 0 Å². The fourth-order valence-corrected chi connectivity index (χ4v) is 2.86. The molecule has 1 aromatic rings. The molecule has 0 aliphatic carbocycles. The van der Waals surface area contributed by atoms with Crippen molar-refractivity contribution in [2.75, 3.05) is 18.0 Å². The number of anilines is 1. The van der Waals surface area contributed by atoms with Crippen molar-refractivity contribution in [1.82, 2.24) is 9.97 Å². The molecule has 1 aromatic heterocycles. The van der Waals surface area contributed by atoms with E-state index in [4.69, 9.17) is 0 Å². The molecule has 0 amide bonds. The van der Waals surface area contributed by atoms with Gasteiger partial charge in [0.1, 0.15) is 0 Å². The minimum atomic E-state index is -0.693. The van der Waals surface area contributed by atoms with Gasteiger partial charge in [-0.1, -0.05) is 13.3 Å². The lowest BCUT2D eigenvalue weighted by Crippen LogP contribution is -2.35. The van der Waals surface area contributed by atoms with Crippen molar-refractivity contribution in [3.63, 3.8) is 0 Å². The molecule has 0 aromatic carbocycles. The molecule has 1 saturated heterocycles. The number of carboxylic acid groups (broad SMARTS) is 1. The first-order chi connectivity index (χ1) is 8.97. The van der Waals surface area contributed by atoms with Crippen LogP contribution >= 0.6 is 0 Å². The maximum atomic E-state index is 11.6. The number of hydrogen-bond acceptors (Lipinski definition) is 4. The van der Waals surface area contributed by atoms with Crippen molar-refractivity contribution in [3.05, 3.63) is 17.5 Å². The van der Waals surface area contributed by atoms with Crippen LogP contribution in [-0.2, 0) is 4.79 Å². The Labute approximate surface area is 113 Å². The maximum absolute atomic E-state index is 11.6. The summed E-state index contributed by atoms with van der Waals surface area (Å²) in [5.74, 6) is -0.0297. The van der Waals surface area contributed by atoms with Gasteiger partial charge in [-0.3, -0.25) is 4.79 Å². The minimum absolute atomic E-state index is 0.513. The van der Waals surface area contributed by atoms with Gasteiger partial charge >= 0.3 is 5.97 Å². The quantitative estimate of drug-likeness (QED) is 0.901. The van der Waals surface area contributed by atoms with E-state index in [1.165, 1.54) is 0 Å². The highest BCUT2D eigenvalue weighted by Gasteiger charge is 2.44. The van der Waals surface area contributed by atoms with Gasteiger partial charge in [0, 0.05) is 24.5 Å². The normalized spacial score (nSPS) is 22.8. The highest BCUT2D eigenvalue weighted by molar-refractivity contribution is 5.76. The molecule has 0 bridgehead atoms. The zero-order valence-electron chi connectivity index (χ0n) is 11.8. The van der Waals surface area contributed by atoms with Gasteiger partial charge in [-0.25, -0.2) is 9.97 Å². The standard InChI is InChI=1S/C14H21N3O2/c1-4-5-14(12(18)19)6-7-17(9-14)13-15-10(2)8-11(3)16-13/h8H,4-7,9H2,1-3H3,(H,18,19). The number of rotatable bonds is 4. The van der Waals surface area contributed by atoms with Crippen molar-refractivity contribution in [1.29, 1.82) is 0 Å². The molecular weight excluding hydrogens is 242 g/mol. The van der Waals surface area contributed by atoms with Crippen LogP contribution in [0.15, 0.2) is 6.07 Å². The van der Waals surface area contributed by atoms with Crippen LogP contribution in [0, 0.1) is 19.3 Å². The van der Waals surface area contributed by atoms with E-state index in [0.29, 0.717) is 25.3 Å². The van der Waals surface area contributed by atoms with Crippen LogP contribution in [0.4, 0.5) is 5.95 Å². The third-order valence-corrected chi connectivity index (χ3v) is 3.79. The SMILES string of the molecule is CCCC1(C(=O)O)CCN(c2nc(C)cc(C)n2)C1. The fraction of sp³-hybridized carbons (Fsp3) is 0.643. The van der Waals surface area contributed by atoms with Crippen LogP contribution < -0.4 is 4.90 Å². The number of aliphatic carboxylic acids is 1. The van der Waals surface area contributed by atoms with Gasteiger partial charge in [-0.05, 0) is 32.8 Å². The average molecular weight is 263 g/mol. The highest BCUT2D eigenvalue weighted by Crippen LogP contribution is 2.36. The molecule has 2 rings (SSSR count). The Bertz CT molecular complexity index is 469. The topological polar surface area (TPSA) is 66.3 Å². The number of aryl methyl sites for hydroxylation is 2. The van der Waals surface area contributed by atoms with Gasteiger partial charge < -0.3 is 10.0 Å². The van der Waals surface area contributed by atoms with E-state index in [9.17, 15) is 9.90 Å². The molecule has 1 aliphatic rings. The molecule has 1 atom stereocenters. The fourth-order valence-electron chi connectivity index (χ4n) is 2.86. The molecule has 5 nitrogen and oxygen atoms in total. The van der Waals surface area contributed by atoms with Crippen LogP contribution in [0.1, 0.15) is 37.6 Å². The Morgan fingerprint density at radius 1 is 1.42 bits per heavy atom. The van der Waals surface area contributed by atoms with Gasteiger partial charge in [0.25, 0.3) is 0 Å². The van der Waals surface area contributed by atoms with Crippen LogP contribution in [0.2, 0.25) is 0 Å². The summed E-state index contributed by atoms with van der Waals surface area (Å²) in [6.07, 6.45) is 2.27. The molecule has 5 heteroatoms. The smallest absolute Gasteiger partial charge is 0.311 e. The van der Waals surface area contributed by atoms with E-state index in [1.807, 2.05) is 31.7 Å². The molecule has 0 spiro atoms. The first kappa shape index (κ1) is 13.8. The summed E-state index contributed by atoms with van der Waals surface area (Å²) in [7, 11) is 0. The molecule has 2 heterocycles. The van der Waals surface area contributed by atoms with Gasteiger partial charge in [-0.15, -0.1) is 0 Å². The Hall–Kier alpha value is -1.65. The second kappa shape index (κ2) is 5.15. The summed E-state index contributed by atoms with van der Waals surface area (Å²) < 4.78 is 0. The molecule has 19 heavy (non-hydrogen) atoms. The van der Waals surface area contributed by atoms with Crippen molar-refractivity contribution in [3.8, 4) is 0 Å². The first-order valence-electron chi connectivity index (χ1n) is 6.77. The number of hydrogen-bond donors (Lipinski definition) is 1. The van der Waals surface area contributed by atoms with E-state index in [-0.39, 0.29) is 0 Å². The van der Waals surface area contributed by atoms with E-state index in [0.717, 1.165) is 24.4 Å². The molecule has 1 fully saturated rings. The second-order valence-corrected chi connectivity index (χ2v) is 5.46. The Kier molecular flexibility index (Phi) is 3.73. The number of aromatic nitrogens is 2. The largest absolute Gasteiger partial charge is 0.481 e. The van der Waals surface area contributed by atoms with Crippen molar-refractivity contribution in [2.24, 2.45) is 5.41 Å². The number of carbonyl (C=O) groups is 1. The van der Waals surface area contributed by atoms with E-state index >= 15 is 0 Å². The summed E-state index contributed by atoms with van der Waals surface area (Å²) in [5, 5.41) is 9.50. The molecule has 0 saturated carbocycles. The van der Waals surface area contributed by atoms with Gasteiger partial charge in [0.15, 0.2) is 0 Å². The van der Waals surface area contributed by atoms with E-state index in [2.05, 4.69) is 9.97 Å². The molecule has 1 unspecified atom stereocenters. The first-order valence-corrected chi connectivity index (χ1v) is 6.77. The third kappa shape index (κ3) is 2.69. The van der Waals surface area contributed by atoms with Crippen molar-refractivity contribution in [2.45, 2.75) is 40.0 Å². The van der Waals surface area contributed by atoms with Crippen molar-refractivity contribution >= 4 is 11.9 Å². The lowest BCUT2D eigenvalue weighted by atomic mass is 9.83. The Morgan fingerprint density at radius 3 is 2.58 bits per heavy atom. The van der Waals surface area contributed by atoms with Gasteiger partial charge in [0.05, 0.1) is 5.41 Å². The summed E-state index contributed by atoms with van der Waals surface area (Å²) in [4.78, 5) is 22.4.